The van der Waals surface area contributed by atoms with Crippen LogP contribution in [0.1, 0.15) is 94.6 Å². The van der Waals surface area contributed by atoms with Crippen LogP contribution in [-0.2, 0) is 0 Å². The van der Waals surface area contributed by atoms with Crippen LogP contribution < -0.4 is 5.73 Å². The average molecular weight is 458 g/mol. The number of anilines is 1. The lowest BCUT2D eigenvalue weighted by Crippen LogP contribution is -2.59. The summed E-state index contributed by atoms with van der Waals surface area (Å²) in [5.74, 6) is -3.83. The van der Waals surface area contributed by atoms with Gasteiger partial charge < -0.3 is 26.2 Å². The molecular weight excluding hydrogens is 414 g/mol. The van der Waals surface area contributed by atoms with E-state index in [-0.39, 0.29) is 24.7 Å². The van der Waals surface area contributed by atoms with Gasteiger partial charge in [-0.15, -0.1) is 0 Å². The minimum absolute atomic E-state index is 0.0875. The van der Waals surface area contributed by atoms with Crippen molar-refractivity contribution < 1.29 is 20.4 Å². The molecule has 0 amide bonds. The molecule has 3 aliphatic carbocycles. The monoisotopic (exact) mass is 457 g/mol. The van der Waals surface area contributed by atoms with E-state index in [0.29, 0.717) is 18.3 Å². The third kappa shape index (κ3) is 5.64. The predicted molar refractivity (Wildman–Crippen MR) is 131 cm³/mol. The van der Waals surface area contributed by atoms with Gasteiger partial charge in [0.15, 0.2) is 11.6 Å². The van der Waals surface area contributed by atoms with Crippen molar-refractivity contribution in [1.82, 2.24) is 0 Å². The van der Waals surface area contributed by atoms with E-state index in [1.807, 2.05) is 6.92 Å². The van der Waals surface area contributed by atoms with Crippen LogP contribution in [0.4, 0.5) is 5.69 Å². The van der Waals surface area contributed by atoms with Gasteiger partial charge >= 0.3 is 0 Å². The number of rotatable bonds is 5. The molecule has 33 heavy (non-hydrogen) atoms. The molecule has 1 atom stereocenters. The van der Waals surface area contributed by atoms with Gasteiger partial charge in [0.05, 0.1) is 5.92 Å². The number of benzene rings is 1. The molecular formula is C28H43NO4. The van der Waals surface area contributed by atoms with Crippen LogP contribution in [0.25, 0.3) is 0 Å². The molecule has 0 bridgehead atoms. The molecule has 0 radical (unpaired) electrons. The molecule has 0 aliphatic heterocycles. The van der Waals surface area contributed by atoms with E-state index in [0.717, 1.165) is 62.6 Å². The minimum Gasteiger partial charge on any atom is -0.399 e. The fourth-order valence-corrected chi connectivity index (χ4v) is 6.82. The Kier molecular flexibility index (Phi) is 7.26. The lowest BCUT2D eigenvalue weighted by molar-refractivity contribution is -0.340. The second kappa shape index (κ2) is 9.69. The van der Waals surface area contributed by atoms with Crippen LogP contribution >= 0.6 is 0 Å². The summed E-state index contributed by atoms with van der Waals surface area (Å²) in [5.41, 5.74) is 10.7. The highest BCUT2D eigenvalue weighted by Crippen LogP contribution is 2.50. The van der Waals surface area contributed by atoms with Crippen molar-refractivity contribution in [2.24, 2.45) is 23.7 Å². The summed E-state index contributed by atoms with van der Waals surface area (Å²) in [5, 5.41) is 43.8. The SMILES string of the molecule is CC1=CCC(CCC2C(O)(O)CC(C3CCC(c4ccc(C)c(N)c4)CC3)CC2(O)O)CC1. The molecule has 5 nitrogen and oxygen atoms in total. The lowest BCUT2D eigenvalue weighted by Gasteiger charge is -2.50. The molecule has 1 unspecified atom stereocenters. The summed E-state index contributed by atoms with van der Waals surface area (Å²) >= 11 is 0. The maximum absolute atomic E-state index is 10.9. The molecule has 6 N–H and O–H groups in total. The molecule has 2 saturated carbocycles. The molecule has 3 aliphatic rings. The van der Waals surface area contributed by atoms with E-state index >= 15 is 0 Å². The number of hydrogen-bond donors (Lipinski definition) is 5. The van der Waals surface area contributed by atoms with Gasteiger partial charge in [-0.05, 0) is 112 Å². The number of nitrogen functional groups attached to an aromatic ring is 1. The first-order valence-corrected chi connectivity index (χ1v) is 13.0. The Morgan fingerprint density at radius 1 is 0.879 bits per heavy atom. The molecule has 0 heterocycles. The topological polar surface area (TPSA) is 107 Å². The number of aryl methyl sites for hydroxylation is 1. The van der Waals surface area contributed by atoms with E-state index in [4.69, 9.17) is 5.73 Å². The van der Waals surface area contributed by atoms with Crippen LogP contribution in [-0.4, -0.2) is 32.0 Å². The molecule has 5 heteroatoms. The number of hydrogen-bond acceptors (Lipinski definition) is 5. The second-order valence-electron chi connectivity index (χ2n) is 11.5. The van der Waals surface area contributed by atoms with Crippen LogP contribution in [0.15, 0.2) is 29.8 Å². The Balaban J connectivity index is 1.34. The molecule has 2 fully saturated rings. The number of allylic oxidation sites excluding steroid dienone is 2. The Hall–Kier alpha value is -1.40. The van der Waals surface area contributed by atoms with E-state index in [1.54, 1.807) is 0 Å². The first kappa shape index (κ1) is 24.7. The highest BCUT2D eigenvalue weighted by Gasteiger charge is 2.55. The van der Waals surface area contributed by atoms with Gasteiger partial charge in [-0.25, -0.2) is 0 Å². The second-order valence-corrected chi connectivity index (χ2v) is 11.5. The van der Waals surface area contributed by atoms with Gasteiger partial charge in [0, 0.05) is 18.5 Å². The first-order chi connectivity index (χ1) is 15.5. The van der Waals surface area contributed by atoms with E-state index < -0.39 is 17.5 Å². The van der Waals surface area contributed by atoms with Crippen molar-refractivity contribution in [3.63, 3.8) is 0 Å². The summed E-state index contributed by atoms with van der Waals surface area (Å²) in [7, 11) is 0. The van der Waals surface area contributed by atoms with Crippen LogP contribution in [0.3, 0.4) is 0 Å². The summed E-state index contributed by atoms with van der Waals surface area (Å²) < 4.78 is 0. The van der Waals surface area contributed by atoms with Crippen molar-refractivity contribution in [2.75, 3.05) is 5.73 Å². The summed E-state index contributed by atoms with van der Waals surface area (Å²) in [6, 6.07) is 6.35. The highest BCUT2D eigenvalue weighted by molar-refractivity contribution is 5.49. The maximum Gasteiger partial charge on any atom is 0.170 e. The van der Waals surface area contributed by atoms with Gasteiger partial charge in [0.1, 0.15) is 0 Å². The van der Waals surface area contributed by atoms with E-state index in [2.05, 4.69) is 31.2 Å². The summed E-state index contributed by atoms with van der Waals surface area (Å²) in [6.07, 6.45) is 11.1. The third-order valence-corrected chi connectivity index (χ3v) is 9.06. The van der Waals surface area contributed by atoms with Gasteiger partial charge in [-0.1, -0.05) is 23.8 Å². The Labute approximate surface area is 198 Å². The molecule has 1 aromatic rings. The van der Waals surface area contributed by atoms with Crippen LogP contribution in [0.5, 0.6) is 0 Å². The molecule has 0 aromatic heterocycles. The summed E-state index contributed by atoms with van der Waals surface area (Å²) in [4.78, 5) is 0. The minimum atomic E-state index is -2.03. The zero-order chi connectivity index (χ0) is 23.8. The number of aliphatic hydroxyl groups is 4. The van der Waals surface area contributed by atoms with Crippen molar-refractivity contribution in [3.8, 4) is 0 Å². The molecule has 0 saturated heterocycles. The zero-order valence-electron chi connectivity index (χ0n) is 20.3. The smallest absolute Gasteiger partial charge is 0.170 e. The molecule has 184 valence electrons. The maximum atomic E-state index is 10.9. The third-order valence-electron chi connectivity index (χ3n) is 9.06. The van der Waals surface area contributed by atoms with E-state index in [1.165, 1.54) is 11.1 Å². The van der Waals surface area contributed by atoms with Crippen molar-refractivity contribution in [1.29, 1.82) is 0 Å². The Morgan fingerprint density at radius 3 is 2.12 bits per heavy atom. The molecule has 0 spiro atoms. The molecule has 1 aromatic carbocycles. The fraction of sp³-hybridized carbons (Fsp3) is 0.714. The van der Waals surface area contributed by atoms with Gasteiger partial charge in [-0.2, -0.15) is 0 Å². The van der Waals surface area contributed by atoms with Crippen molar-refractivity contribution >= 4 is 5.69 Å². The first-order valence-electron chi connectivity index (χ1n) is 13.0. The average Bonchev–Trinajstić information content (AvgIpc) is 2.75. The van der Waals surface area contributed by atoms with Gasteiger partial charge in [0.2, 0.25) is 0 Å². The predicted octanol–water partition coefficient (Wildman–Crippen LogP) is 4.77. The van der Waals surface area contributed by atoms with Crippen LogP contribution in [0.2, 0.25) is 0 Å². The highest BCUT2D eigenvalue weighted by atomic mass is 16.5. The lowest BCUT2D eigenvalue weighted by atomic mass is 9.63. The summed E-state index contributed by atoms with van der Waals surface area (Å²) in [6.45, 7) is 4.17. The van der Waals surface area contributed by atoms with Gasteiger partial charge in [0.25, 0.3) is 0 Å². The van der Waals surface area contributed by atoms with Crippen molar-refractivity contribution in [2.45, 2.75) is 102 Å². The normalized spacial score (nSPS) is 34.0. The zero-order valence-corrected chi connectivity index (χ0v) is 20.3. The fourth-order valence-electron chi connectivity index (χ4n) is 6.82. The standard InChI is InChI=1S/C28H43NO4/c1-18-3-6-20(7-4-18)8-14-26-27(30,31)16-24(17-28(26,32)33)22-12-10-21(11-13-22)23-9-5-19(2)25(29)15-23/h3,5,9,15,20-22,24,26,30-33H,4,6-8,10-14,16-17,29H2,1-2H3. The Morgan fingerprint density at radius 2 is 1.55 bits per heavy atom. The van der Waals surface area contributed by atoms with Crippen LogP contribution in [0, 0.1) is 30.6 Å². The van der Waals surface area contributed by atoms with E-state index in [9.17, 15) is 20.4 Å². The largest absolute Gasteiger partial charge is 0.399 e. The van der Waals surface area contributed by atoms with Gasteiger partial charge in [-0.3, -0.25) is 0 Å². The Bertz CT molecular complexity index is 835. The molecule has 4 rings (SSSR count). The number of nitrogens with two attached hydrogens (primary N) is 1. The van der Waals surface area contributed by atoms with Crippen molar-refractivity contribution in [3.05, 3.63) is 41.0 Å². The quantitative estimate of drug-likeness (QED) is 0.249.